The zero-order valence-corrected chi connectivity index (χ0v) is 18.1. The molecule has 1 saturated heterocycles. The minimum absolute atomic E-state index is 0.0807. The summed E-state index contributed by atoms with van der Waals surface area (Å²) in [5.41, 5.74) is 0. The van der Waals surface area contributed by atoms with E-state index in [-0.39, 0.29) is 11.9 Å². The van der Waals surface area contributed by atoms with E-state index in [4.69, 9.17) is 9.26 Å². The molecule has 0 saturated carbocycles. The Balaban J connectivity index is 2.03. The monoisotopic (exact) mass is 388 g/mol. The Hall–Kier alpha value is -0.340. The van der Waals surface area contributed by atoms with Crippen LogP contribution in [0.4, 0.5) is 0 Å². The van der Waals surface area contributed by atoms with Crippen molar-refractivity contribution in [2.45, 2.75) is 97.3 Å². The van der Waals surface area contributed by atoms with Crippen LogP contribution in [-0.4, -0.2) is 31.5 Å². The van der Waals surface area contributed by atoms with Crippen LogP contribution >= 0.6 is 7.37 Å². The molecule has 0 bridgehead atoms. The SMILES string of the molecule is CCCCCCCCCCCCCCP(=O)(CC1COC(=O)C1)OCC. The van der Waals surface area contributed by atoms with Crippen molar-refractivity contribution in [2.24, 2.45) is 5.92 Å². The Labute approximate surface area is 161 Å². The third-order valence-electron chi connectivity index (χ3n) is 5.19. The van der Waals surface area contributed by atoms with E-state index in [1.807, 2.05) is 6.92 Å². The summed E-state index contributed by atoms with van der Waals surface area (Å²) in [7, 11) is -2.61. The number of ether oxygens (including phenoxy) is 1. The first-order valence-electron chi connectivity index (χ1n) is 11.0. The van der Waals surface area contributed by atoms with Gasteiger partial charge in [0.25, 0.3) is 0 Å². The first-order chi connectivity index (χ1) is 12.6. The fourth-order valence-electron chi connectivity index (χ4n) is 3.71. The highest BCUT2D eigenvalue weighted by Crippen LogP contribution is 2.50. The van der Waals surface area contributed by atoms with Gasteiger partial charge >= 0.3 is 5.97 Å². The first-order valence-corrected chi connectivity index (χ1v) is 13.0. The quantitative estimate of drug-likeness (QED) is 0.161. The number of esters is 1. The van der Waals surface area contributed by atoms with E-state index < -0.39 is 7.37 Å². The number of rotatable bonds is 17. The van der Waals surface area contributed by atoms with E-state index in [9.17, 15) is 9.36 Å². The molecule has 2 atom stereocenters. The number of unbranched alkanes of at least 4 members (excludes halogenated alkanes) is 11. The lowest BCUT2D eigenvalue weighted by molar-refractivity contribution is -0.137. The topological polar surface area (TPSA) is 52.6 Å². The van der Waals surface area contributed by atoms with Crippen LogP contribution in [0, 0.1) is 5.92 Å². The zero-order valence-electron chi connectivity index (χ0n) is 17.2. The van der Waals surface area contributed by atoms with Crippen LogP contribution in [0.5, 0.6) is 0 Å². The molecule has 2 unspecified atom stereocenters. The molecule has 1 aliphatic heterocycles. The van der Waals surface area contributed by atoms with E-state index in [0.29, 0.717) is 32.0 Å². The van der Waals surface area contributed by atoms with Gasteiger partial charge in [-0.25, -0.2) is 0 Å². The Bertz CT molecular complexity index is 411. The maximum atomic E-state index is 13.0. The summed E-state index contributed by atoms with van der Waals surface area (Å²) in [6.45, 7) is 5.05. The van der Waals surface area contributed by atoms with Gasteiger partial charge < -0.3 is 9.26 Å². The second kappa shape index (κ2) is 14.7. The van der Waals surface area contributed by atoms with E-state index in [1.54, 1.807) is 0 Å². The van der Waals surface area contributed by atoms with Crippen molar-refractivity contribution in [2.75, 3.05) is 25.5 Å². The standard InChI is InChI=1S/C21H41O4P/c1-3-5-6-7-8-9-10-11-12-13-14-15-16-26(23,25-4-2)19-20-17-21(22)24-18-20/h20H,3-19H2,1-2H3. The van der Waals surface area contributed by atoms with Crippen molar-refractivity contribution in [3.8, 4) is 0 Å². The molecule has 26 heavy (non-hydrogen) atoms. The van der Waals surface area contributed by atoms with Crippen molar-refractivity contribution < 1.29 is 18.6 Å². The Morgan fingerprint density at radius 2 is 1.46 bits per heavy atom. The molecule has 0 spiro atoms. The second-order valence-corrected chi connectivity index (χ2v) is 10.5. The summed E-state index contributed by atoms with van der Waals surface area (Å²) < 4.78 is 23.6. The zero-order chi connectivity index (χ0) is 19.1. The third-order valence-corrected chi connectivity index (χ3v) is 7.99. The average molecular weight is 389 g/mol. The van der Waals surface area contributed by atoms with E-state index in [0.717, 1.165) is 12.8 Å². The highest BCUT2D eigenvalue weighted by atomic mass is 31.2. The summed E-state index contributed by atoms with van der Waals surface area (Å²) in [5, 5.41) is 0. The Morgan fingerprint density at radius 1 is 0.923 bits per heavy atom. The van der Waals surface area contributed by atoms with Crippen molar-refractivity contribution in [1.29, 1.82) is 0 Å². The molecule has 0 N–H and O–H groups in total. The van der Waals surface area contributed by atoms with Crippen LogP contribution in [0.2, 0.25) is 0 Å². The van der Waals surface area contributed by atoms with Gasteiger partial charge in [-0.05, 0) is 13.3 Å². The van der Waals surface area contributed by atoms with Crippen molar-refractivity contribution in [3.63, 3.8) is 0 Å². The minimum atomic E-state index is -2.61. The summed E-state index contributed by atoms with van der Waals surface area (Å²) in [6, 6.07) is 0. The Morgan fingerprint density at radius 3 is 1.92 bits per heavy atom. The number of hydrogen-bond donors (Lipinski definition) is 0. The van der Waals surface area contributed by atoms with E-state index in [2.05, 4.69) is 6.92 Å². The Kier molecular flexibility index (Phi) is 13.4. The predicted octanol–water partition coefficient (Wildman–Crippen LogP) is 6.57. The molecular weight excluding hydrogens is 347 g/mol. The van der Waals surface area contributed by atoms with Gasteiger partial charge in [0.15, 0.2) is 0 Å². The fourth-order valence-corrected chi connectivity index (χ4v) is 6.33. The van der Waals surface area contributed by atoms with Gasteiger partial charge in [-0.15, -0.1) is 0 Å². The predicted molar refractivity (Wildman–Crippen MR) is 109 cm³/mol. The second-order valence-electron chi connectivity index (χ2n) is 7.78. The molecule has 0 aromatic heterocycles. The van der Waals surface area contributed by atoms with Crippen LogP contribution in [0.25, 0.3) is 0 Å². The van der Waals surface area contributed by atoms with Crippen LogP contribution in [0.1, 0.15) is 97.3 Å². The van der Waals surface area contributed by atoms with Crippen molar-refractivity contribution in [1.82, 2.24) is 0 Å². The van der Waals surface area contributed by atoms with Gasteiger partial charge in [-0.3, -0.25) is 9.36 Å². The molecule has 1 heterocycles. The van der Waals surface area contributed by atoms with Crippen LogP contribution in [0.15, 0.2) is 0 Å². The highest BCUT2D eigenvalue weighted by Gasteiger charge is 2.32. The third kappa shape index (κ3) is 11.4. The van der Waals surface area contributed by atoms with Crippen LogP contribution < -0.4 is 0 Å². The summed E-state index contributed by atoms with van der Waals surface area (Å²) >= 11 is 0. The maximum Gasteiger partial charge on any atom is 0.306 e. The molecule has 4 nitrogen and oxygen atoms in total. The molecule has 0 aromatic carbocycles. The summed E-state index contributed by atoms with van der Waals surface area (Å²) in [5.74, 6) is -0.0828. The fraction of sp³-hybridized carbons (Fsp3) is 0.952. The van der Waals surface area contributed by atoms with Gasteiger partial charge in [0.1, 0.15) is 0 Å². The molecule has 0 aromatic rings. The van der Waals surface area contributed by atoms with Crippen LogP contribution in [0.3, 0.4) is 0 Å². The molecule has 0 aliphatic carbocycles. The molecule has 1 fully saturated rings. The van der Waals surface area contributed by atoms with E-state index >= 15 is 0 Å². The number of cyclic esters (lactones) is 1. The normalized spacial score (nSPS) is 19.5. The molecule has 0 radical (unpaired) electrons. The number of hydrogen-bond acceptors (Lipinski definition) is 4. The molecule has 1 aliphatic rings. The number of carbonyl (C=O) groups excluding carboxylic acids is 1. The van der Waals surface area contributed by atoms with Gasteiger partial charge in [0.05, 0.1) is 19.6 Å². The van der Waals surface area contributed by atoms with Crippen molar-refractivity contribution in [3.05, 3.63) is 0 Å². The molecule has 1 rings (SSSR count). The highest BCUT2D eigenvalue weighted by molar-refractivity contribution is 7.59. The van der Waals surface area contributed by atoms with Gasteiger partial charge in [0.2, 0.25) is 7.37 Å². The number of carbonyl (C=O) groups is 1. The van der Waals surface area contributed by atoms with Crippen LogP contribution in [-0.2, 0) is 18.6 Å². The molecule has 0 amide bonds. The van der Waals surface area contributed by atoms with Gasteiger partial charge in [-0.2, -0.15) is 0 Å². The minimum Gasteiger partial charge on any atom is -0.465 e. The lowest BCUT2D eigenvalue weighted by atomic mass is 10.1. The lowest BCUT2D eigenvalue weighted by Crippen LogP contribution is -2.10. The van der Waals surface area contributed by atoms with E-state index in [1.165, 1.54) is 64.2 Å². The first kappa shape index (κ1) is 23.7. The average Bonchev–Trinajstić information content (AvgIpc) is 3.00. The molecule has 154 valence electrons. The van der Waals surface area contributed by atoms with Crippen molar-refractivity contribution >= 4 is 13.3 Å². The van der Waals surface area contributed by atoms with Gasteiger partial charge in [-0.1, -0.05) is 77.6 Å². The van der Waals surface area contributed by atoms with Gasteiger partial charge in [0, 0.05) is 18.2 Å². The smallest absolute Gasteiger partial charge is 0.306 e. The lowest BCUT2D eigenvalue weighted by Gasteiger charge is -2.20. The summed E-state index contributed by atoms with van der Waals surface area (Å²) in [6.07, 6.45) is 17.2. The maximum absolute atomic E-state index is 13.0. The summed E-state index contributed by atoms with van der Waals surface area (Å²) in [4.78, 5) is 11.2. The molecule has 5 heteroatoms. The largest absolute Gasteiger partial charge is 0.465 e. The molecular formula is C21H41O4P.